The smallest absolute Gasteiger partial charge is 0.407 e. The Balaban J connectivity index is 1.21. The molecule has 13 heteroatoms. The van der Waals surface area contributed by atoms with Crippen LogP contribution in [0.2, 0.25) is 0 Å². The van der Waals surface area contributed by atoms with Crippen molar-refractivity contribution in [2.24, 2.45) is 23.7 Å². The molecule has 1 amide bonds. The number of hydrogen-bond acceptors (Lipinski definition) is 10. The van der Waals surface area contributed by atoms with Gasteiger partial charge in [-0.15, -0.1) is 10.2 Å². The summed E-state index contributed by atoms with van der Waals surface area (Å²) in [6, 6.07) is 14.8. The van der Waals surface area contributed by atoms with E-state index < -0.39 is 28.3 Å². The van der Waals surface area contributed by atoms with E-state index in [-0.39, 0.29) is 66.4 Å². The summed E-state index contributed by atoms with van der Waals surface area (Å²) < 4.78 is 51.9. The first kappa shape index (κ1) is 30.7. The standard InChI is InChI=1S/C31H38N4O8S/c1-19(2)14-35(44(38,39)23-10-6-9-21(12-23)29-34-32-18-42-29)15-27(36)26(11-20-7-4-3-5-8-20)33-31(37)43-28-22-13-24-25(28)17-41-30(24)40-16-22/h3-10,12,18-19,22,24-28,30,36H,11,13-17H2,1-2H3,(H,33,37). The summed E-state index contributed by atoms with van der Waals surface area (Å²) in [6.45, 7) is 4.67. The van der Waals surface area contributed by atoms with Gasteiger partial charge >= 0.3 is 6.09 Å². The first-order valence-corrected chi connectivity index (χ1v) is 16.4. The van der Waals surface area contributed by atoms with Crippen molar-refractivity contribution in [3.8, 4) is 11.5 Å². The van der Waals surface area contributed by atoms with Crippen LogP contribution in [-0.4, -0.2) is 85.0 Å². The molecule has 12 nitrogen and oxygen atoms in total. The van der Waals surface area contributed by atoms with Gasteiger partial charge in [-0.1, -0.05) is 50.2 Å². The second-order valence-corrected chi connectivity index (χ2v) is 14.2. The molecule has 3 heterocycles. The molecule has 6 rings (SSSR count). The van der Waals surface area contributed by atoms with E-state index in [1.807, 2.05) is 44.2 Å². The molecule has 1 aromatic heterocycles. The minimum atomic E-state index is -4.06. The Labute approximate surface area is 256 Å². The van der Waals surface area contributed by atoms with Crippen LogP contribution in [0.3, 0.4) is 0 Å². The number of alkyl carbamates (subject to hydrolysis) is 1. The fraction of sp³-hybridized carbons (Fsp3) is 0.516. The Hall–Kier alpha value is -3.36. The molecule has 2 aromatic carbocycles. The highest BCUT2D eigenvalue weighted by Crippen LogP contribution is 2.49. The van der Waals surface area contributed by atoms with Crippen molar-refractivity contribution in [2.75, 3.05) is 26.3 Å². The summed E-state index contributed by atoms with van der Waals surface area (Å²) in [5.74, 6) is 0.544. The fourth-order valence-corrected chi connectivity index (χ4v) is 8.23. The number of aliphatic hydroxyl groups is 1. The lowest BCUT2D eigenvalue weighted by Gasteiger charge is -2.31. The molecule has 2 bridgehead atoms. The monoisotopic (exact) mass is 626 g/mol. The van der Waals surface area contributed by atoms with Crippen molar-refractivity contribution >= 4 is 16.1 Å². The van der Waals surface area contributed by atoms with E-state index in [9.17, 15) is 18.3 Å². The van der Waals surface area contributed by atoms with Gasteiger partial charge in [0.15, 0.2) is 6.29 Å². The number of rotatable bonds is 12. The first-order valence-electron chi connectivity index (χ1n) is 15.0. The van der Waals surface area contributed by atoms with Gasteiger partial charge in [0.05, 0.1) is 30.3 Å². The number of nitrogens with one attached hydrogen (secondary N) is 1. The number of benzene rings is 2. The Morgan fingerprint density at radius 3 is 2.64 bits per heavy atom. The van der Waals surface area contributed by atoms with Crippen LogP contribution in [0.15, 0.2) is 70.3 Å². The van der Waals surface area contributed by atoms with Crippen molar-refractivity contribution in [3.05, 3.63) is 66.6 Å². The Bertz CT molecular complexity index is 1520. The van der Waals surface area contributed by atoms with Gasteiger partial charge in [-0.05, 0) is 42.5 Å². The third kappa shape index (κ3) is 6.52. The molecule has 0 spiro atoms. The van der Waals surface area contributed by atoms with Crippen LogP contribution in [0, 0.1) is 23.7 Å². The molecule has 3 aliphatic rings. The van der Waals surface area contributed by atoms with Crippen LogP contribution < -0.4 is 5.32 Å². The maximum atomic E-state index is 13.9. The van der Waals surface area contributed by atoms with Crippen molar-refractivity contribution < 1.29 is 36.9 Å². The normalized spacial score (nSPS) is 25.7. The van der Waals surface area contributed by atoms with Crippen molar-refractivity contribution in [1.82, 2.24) is 19.8 Å². The maximum Gasteiger partial charge on any atom is 0.407 e. The SMILES string of the molecule is CC(C)CN(CC(O)C(Cc1ccccc1)NC(=O)OC1C2COC3OCC1C3C2)S(=O)(=O)c1cccc(-c2nnco2)c1. The summed E-state index contributed by atoms with van der Waals surface area (Å²) in [5.41, 5.74) is 1.33. The maximum absolute atomic E-state index is 13.9. The lowest BCUT2D eigenvalue weighted by atomic mass is 9.98. The van der Waals surface area contributed by atoms with Gasteiger partial charge in [0.1, 0.15) is 6.10 Å². The summed E-state index contributed by atoms with van der Waals surface area (Å²) in [4.78, 5) is 13.3. The Morgan fingerprint density at radius 2 is 1.89 bits per heavy atom. The molecule has 0 radical (unpaired) electrons. The number of amides is 1. The average Bonchev–Trinajstić information content (AvgIpc) is 3.74. The quantitative estimate of drug-likeness (QED) is 0.307. The van der Waals surface area contributed by atoms with Gasteiger partial charge in [0, 0.05) is 36.4 Å². The highest BCUT2D eigenvalue weighted by molar-refractivity contribution is 7.89. The number of fused-ring (bicyclic) bond motifs is 1. The van der Waals surface area contributed by atoms with Gasteiger partial charge in [0.2, 0.25) is 22.3 Å². The molecule has 2 N–H and O–H groups in total. The minimum absolute atomic E-state index is 0.0275. The topological polar surface area (TPSA) is 153 Å². The van der Waals surface area contributed by atoms with E-state index in [1.54, 1.807) is 12.1 Å². The number of nitrogens with zero attached hydrogens (tertiary/aromatic N) is 3. The highest BCUT2D eigenvalue weighted by Gasteiger charge is 2.56. The first-order chi connectivity index (χ1) is 21.2. The van der Waals surface area contributed by atoms with E-state index in [1.165, 1.54) is 22.8 Å². The van der Waals surface area contributed by atoms with Crippen LogP contribution in [0.5, 0.6) is 0 Å². The molecule has 7 atom stereocenters. The number of ether oxygens (including phenoxy) is 3. The van der Waals surface area contributed by atoms with Crippen LogP contribution >= 0.6 is 0 Å². The van der Waals surface area contributed by atoms with E-state index in [4.69, 9.17) is 18.6 Å². The summed E-state index contributed by atoms with van der Waals surface area (Å²) in [5, 5.41) is 22.0. The van der Waals surface area contributed by atoms with Crippen molar-refractivity contribution in [3.63, 3.8) is 0 Å². The lowest BCUT2D eigenvalue weighted by Crippen LogP contribution is -2.52. The number of sulfonamides is 1. The highest BCUT2D eigenvalue weighted by atomic mass is 32.2. The van der Waals surface area contributed by atoms with E-state index in [0.29, 0.717) is 18.8 Å². The molecule has 7 unspecified atom stereocenters. The molecule has 3 aromatic rings. The molecule has 236 valence electrons. The predicted octanol–water partition coefficient (Wildman–Crippen LogP) is 3.09. The third-order valence-corrected chi connectivity index (χ3v) is 10.5. The number of aromatic nitrogens is 2. The third-order valence-electron chi connectivity index (χ3n) is 8.64. The second-order valence-electron chi connectivity index (χ2n) is 12.2. The van der Waals surface area contributed by atoms with E-state index in [0.717, 1.165) is 12.0 Å². The molecule has 2 aliphatic heterocycles. The fourth-order valence-electron chi connectivity index (χ4n) is 6.56. The van der Waals surface area contributed by atoms with Crippen LogP contribution in [0.4, 0.5) is 4.79 Å². The summed E-state index contributed by atoms with van der Waals surface area (Å²) in [6.07, 6.45) is -0.147. The van der Waals surface area contributed by atoms with Crippen LogP contribution in [-0.2, 0) is 30.7 Å². The zero-order valence-corrected chi connectivity index (χ0v) is 25.5. The van der Waals surface area contributed by atoms with Gasteiger partial charge in [-0.3, -0.25) is 0 Å². The molecule has 44 heavy (non-hydrogen) atoms. The average molecular weight is 627 g/mol. The van der Waals surface area contributed by atoms with Gasteiger partial charge in [-0.2, -0.15) is 4.31 Å². The van der Waals surface area contributed by atoms with Gasteiger partial charge in [-0.25, -0.2) is 13.2 Å². The molecular weight excluding hydrogens is 588 g/mol. The molecule has 1 saturated carbocycles. The Morgan fingerprint density at radius 1 is 1.09 bits per heavy atom. The number of hydrogen-bond donors (Lipinski definition) is 2. The van der Waals surface area contributed by atoms with E-state index >= 15 is 0 Å². The zero-order chi connectivity index (χ0) is 30.8. The van der Waals surface area contributed by atoms with Crippen LogP contribution in [0.1, 0.15) is 25.8 Å². The molecule has 1 aliphatic carbocycles. The van der Waals surface area contributed by atoms with Crippen molar-refractivity contribution in [2.45, 2.75) is 56.1 Å². The van der Waals surface area contributed by atoms with Gasteiger partial charge < -0.3 is 29.1 Å². The molecule has 2 saturated heterocycles. The van der Waals surface area contributed by atoms with Gasteiger partial charge in [0.25, 0.3) is 0 Å². The lowest BCUT2D eigenvalue weighted by molar-refractivity contribution is -0.169. The van der Waals surface area contributed by atoms with E-state index in [2.05, 4.69) is 15.5 Å². The summed E-state index contributed by atoms with van der Waals surface area (Å²) >= 11 is 0. The number of carbonyl (C=O) groups is 1. The molecule has 3 fully saturated rings. The van der Waals surface area contributed by atoms with Crippen LogP contribution in [0.25, 0.3) is 11.5 Å². The Kier molecular flexibility index (Phi) is 9.01. The summed E-state index contributed by atoms with van der Waals surface area (Å²) in [7, 11) is -4.06. The minimum Gasteiger partial charge on any atom is -0.445 e. The number of carbonyl (C=O) groups excluding carboxylic acids is 1. The largest absolute Gasteiger partial charge is 0.445 e. The van der Waals surface area contributed by atoms with Crippen molar-refractivity contribution in [1.29, 1.82) is 0 Å². The number of aliphatic hydroxyl groups excluding tert-OH is 1. The predicted molar refractivity (Wildman–Crippen MR) is 157 cm³/mol. The molecular formula is C31H38N4O8S. The second kappa shape index (κ2) is 12.9. The zero-order valence-electron chi connectivity index (χ0n) is 24.7.